The smallest absolute Gasteiger partial charge is 0.0453 e. The number of hydrogen-bond donors (Lipinski definition) is 1. The Bertz CT molecular complexity index is 547. The maximum atomic E-state index is 3.51. The van der Waals surface area contributed by atoms with Gasteiger partial charge in [0.25, 0.3) is 0 Å². The van der Waals surface area contributed by atoms with Gasteiger partial charge in [-0.1, -0.05) is 49.7 Å². The van der Waals surface area contributed by atoms with E-state index in [4.69, 9.17) is 0 Å². The molecule has 0 saturated heterocycles. The Hall–Kier alpha value is -1.80. The summed E-state index contributed by atoms with van der Waals surface area (Å²) in [6.45, 7) is 7.39. The largest absolute Gasteiger partial charge is 0.344 e. The minimum absolute atomic E-state index is 0.491. The van der Waals surface area contributed by atoms with Crippen LogP contribution in [-0.2, 0) is 6.54 Å². The molecule has 1 N–H and O–H groups in total. The molecule has 106 valence electrons. The molecule has 0 unspecified atom stereocenters. The summed E-state index contributed by atoms with van der Waals surface area (Å²) in [6, 6.07) is 17.6. The highest BCUT2D eigenvalue weighted by atomic mass is 15.1. The fourth-order valence-electron chi connectivity index (χ4n) is 2.29. The molecule has 2 heteroatoms. The maximum Gasteiger partial charge on any atom is 0.0453 e. The highest BCUT2D eigenvalue weighted by molar-refractivity contribution is 5.66. The molecule has 0 aliphatic carbocycles. The molecule has 0 spiro atoms. The Kier molecular flexibility index (Phi) is 4.80. The van der Waals surface area contributed by atoms with Gasteiger partial charge in [0.2, 0.25) is 0 Å². The van der Waals surface area contributed by atoms with E-state index in [0.717, 1.165) is 6.54 Å². The fourth-order valence-corrected chi connectivity index (χ4v) is 2.29. The highest BCUT2D eigenvalue weighted by Gasteiger charge is 2.09. The molecule has 0 bridgehead atoms. The molecular weight excluding hydrogens is 244 g/mol. The predicted molar refractivity (Wildman–Crippen MR) is 87.7 cm³/mol. The SMILES string of the molecule is Cc1ccc(N(C)c2ccccc2)c(CNC(C)C)c1. The van der Waals surface area contributed by atoms with E-state index < -0.39 is 0 Å². The average molecular weight is 268 g/mol. The summed E-state index contributed by atoms with van der Waals surface area (Å²) in [5.41, 5.74) is 5.11. The van der Waals surface area contributed by atoms with Crippen LogP contribution >= 0.6 is 0 Å². The number of aryl methyl sites for hydroxylation is 1. The van der Waals surface area contributed by atoms with E-state index in [1.54, 1.807) is 0 Å². The summed E-state index contributed by atoms with van der Waals surface area (Å²) < 4.78 is 0. The zero-order valence-corrected chi connectivity index (χ0v) is 12.9. The van der Waals surface area contributed by atoms with Gasteiger partial charge in [-0.15, -0.1) is 0 Å². The number of hydrogen-bond acceptors (Lipinski definition) is 2. The van der Waals surface area contributed by atoms with Crippen LogP contribution < -0.4 is 10.2 Å². The Morgan fingerprint density at radius 2 is 1.75 bits per heavy atom. The summed E-state index contributed by atoms with van der Waals surface area (Å²) in [5, 5.41) is 3.51. The van der Waals surface area contributed by atoms with Crippen molar-refractivity contribution in [2.45, 2.75) is 33.4 Å². The molecule has 0 fully saturated rings. The molecule has 2 rings (SSSR count). The number of anilines is 2. The van der Waals surface area contributed by atoms with Crippen LogP contribution in [0.15, 0.2) is 48.5 Å². The minimum atomic E-state index is 0.491. The van der Waals surface area contributed by atoms with E-state index >= 15 is 0 Å². The third-order valence-corrected chi connectivity index (χ3v) is 3.44. The zero-order valence-electron chi connectivity index (χ0n) is 12.9. The second-order valence-electron chi connectivity index (χ2n) is 5.56. The number of rotatable bonds is 5. The molecule has 2 aromatic carbocycles. The minimum Gasteiger partial charge on any atom is -0.344 e. The van der Waals surface area contributed by atoms with Crippen molar-refractivity contribution >= 4 is 11.4 Å². The number of nitrogens with zero attached hydrogens (tertiary/aromatic N) is 1. The Morgan fingerprint density at radius 3 is 2.40 bits per heavy atom. The second kappa shape index (κ2) is 6.58. The number of benzene rings is 2. The van der Waals surface area contributed by atoms with Crippen LogP contribution in [-0.4, -0.2) is 13.1 Å². The third kappa shape index (κ3) is 3.61. The zero-order chi connectivity index (χ0) is 14.5. The summed E-state index contributed by atoms with van der Waals surface area (Å²) in [4.78, 5) is 2.25. The van der Waals surface area contributed by atoms with E-state index in [9.17, 15) is 0 Å². The second-order valence-corrected chi connectivity index (χ2v) is 5.56. The van der Waals surface area contributed by atoms with Crippen molar-refractivity contribution in [3.63, 3.8) is 0 Å². The summed E-state index contributed by atoms with van der Waals surface area (Å²) in [5.74, 6) is 0. The summed E-state index contributed by atoms with van der Waals surface area (Å²) >= 11 is 0. The van der Waals surface area contributed by atoms with Crippen molar-refractivity contribution in [2.24, 2.45) is 0 Å². The van der Waals surface area contributed by atoms with Crippen LogP contribution in [0.3, 0.4) is 0 Å². The molecule has 0 aliphatic rings. The molecule has 0 aliphatic heterocycles. The Balaban J connectivity index is 2.30. The molecule has 0 aromatic heterocycles. The highest BCUT2D eigenvalue weighted by Crippen LogP contribution is 2.27. The maximum absolute atomic E-state index is 3.51. The lowest BCUT2D eigenvalue weighted by atomic mass is 10.1. The number of nitrogens with one attached hydrogen (secondary N) is 1. The third-order valence-electron chi connectivity index (χ3n) is 3.44. The van der Waals surface area contributed by atoms with Crippen LogP contribution in [0.4, 0.5) is 11.4 Å². The average Bonchev–Trinajstić information content (AvgIpc) is 2.45. The molecular formula is C18H24N2. The van der Waals surface area contributed by atoms with Crippen molar-refractivity contribution < 1.29 is 0 Å². The summed E-state index contributed by atoms with van der Waals surface area (Å²) in [6.07, 6.45) is 0. The van der Waals surface area contributed by atoms with E-state index in [1.165, 1.54) is 22.5 Å². The first-order valence-electron chi connectivity index (χ1n) is 7.19. The molecule has 0 amide bonds. The molecule has 2 aromatic rings. The molecule has 0 radical (unpaired) electrons. The van der Waals surface area contributed by atoms with Crippen LogP contribution in [0, 0.1) is 6.92 Å². The van der Waals surface area contributed by atoms with Crippen LogP contribution in [0.1, 0.15) is 25.0 Å². The summed E-state index contributed by atoms with van der Waals surface area (Å²) in [7, 11) is 2.12. The fraction of sp³-hybridized carbons (Fsp3) is 0.333. The standard InChI is InChI=1S/C18H24N2/c1-14(2)19-13-16-12-15(3)10-11-18(16)20(4)17-8-6-5-7-9-17/h5-12,14,19H,13H2,1-4H3. The van der Waals surface area contributed by atoms with Gasteiger partial charge in [0.1, 0.15) is 0 Å². The first kappa shape index (κ1) is 14.6. The molecule has 0 heterocycles. The van der Waals surface area contributed by atoms with E-state index in [-0.39, 0.29) is 0 Å². The van der Waals surface area contributed by atoms with Gasteiger partial charge in [0.05, 0.1) is 0 Å². The van der Waals surface area contributed by atoms with Crippen molar-refractivity contribution in [1.29, 1.82) is 0 Å². The Morgan fingerprint density at radius 1 is 1.05 bits per heavy atom. The van der Waals surface area contributed by atoms with Gasteiger partial charge >= 0.3 is 0 Å². The van der Waals surface area contributed by atoms with Crippen molar-refractivity contribution in [1.82, 2.24) is 5.32 Å². The first-order valence-corrected chi connectivity index (χ1v) is 7.19. The lowest BCUT2D eigenvalue weighted by molar-refractivity contribution is 0.589. The lowest BCUT2D eigenvalue weighted by Gasteiger charge is -2.24. The first-order chi connectivity index (χ1) is 9.58. The molecule has 0 atom stereocenters. The predicted octanol–water partition coefficient (Wildman–Crippen LogP) is 4.26. The molecule has 20 heavy (non-hydrogen) atoms. The van der Waals surface area contributed by atoms with Gasteiger partial charge in [-0.2, -0.15) is 0 Å². The van der Waals surface area contributed by atoms with E-state index in [1.807, 2.05) is 6.07 Å². The quantitative estimate of drug-likeness (QED) is 0.871. The van der Waals surface area contributed by atoms with Gasteiger partial charge in [-0.05, 0) is 30.7 Å². The van der Waals surface area contributed by atoms with Gasteiger partial charge < -0.3 is 10.2 Å². The monoisotopic (exact) mass is 268 g/mol. The van der Waals surface area contributed by atoms with Gasteiger partial charge in [-0.3, -0.25) is 0 Å². The lowest BCUT2D eigenvalue weighted by Crippen LogP contribution is -2.23. The van der Waals surface area contributed by atoms with Crippen molar-refractivity contribution in [2.75, 3.05) is 11.9 Å². The number of para-hydroxylation sites is 1. The Labute approximate surface area is 122 Å². The molecule has 2 nitrogen and oxygen atoms in total. The van der Waals surface area contributed by atoms with Gasteiger partial charge in [-0.25, -0.2) is 0 Å². The topological polar surface area (TPSA) is 15.3 Å². The molecule has 0 saturated carbocycles. The van der Waals surface area contributed by atoms with E-state index in [2.05, 4.69) is 80.5 Å². The van der Waals surface area contributed by atoms with E-state index in [0.29, 0.717) is 6.04 Å². The van der Waals surface area contributed by atoms with Crippen molar-refractivity contribution in [3.05, 3.63) is 59.7 Å². The van der Waals surface area contributed by atoms with Crippen LogP contribution in [0.2, 0.25) is 0 Å². The van der Waals surface area contributed by atoms with Crippen LogP contribution in [0.5, 0.6) is 0 Å². The normalized spacial score (nSPS) is 10.8. The van der Waals surface area contributed by atoms with Gasteiger partial charge in [0.15, 0.2) is 0 Å². The van der Waals surface area contributed by atoms with Crippen molar-refractivity contribution in [3.8, 4) is 0 Å². The van der Waals surface area contributed by atoms with Crippen LogP contribution in [0.25, 0.3) is 0 Å². The van der Waals surface area contributed by atoms with Gasteiger partial charge in [0, 0.05) is 31.0 Å².